The van der Waals surface area contributed by atoms with Crippen molar-refractivity contribution in [1.29, 1.82) is 0 Å². The zero-order chi connectivity index (χ0) is 13.7. The molecule has 1 aliphatic heterocycles. The summed E-state index contributed by atoms with van der Waals surface area (Å²) < 4.78 is 1.86. The van der Waals surface area contributed by atoms with E-state index in [-0.39, 0.29) is 18.3 Å². The van der Waals surface area contributed by atoms with E-state index in [9.17, 15) is 4.79 Å². The number of piperidine rings is 1. The van der Waals surface area contributed by atoms with Crippen molar-refractivity contribution in [3.8, 4) is 0 Å². The van der Waals surface area contributed by atoms with Crippen molar-refractivity contribution in [3.05, 3.63) is 11.9 Å². The van der Waals surface area contributed by atoms with Crippen LogP contribution >= 0.6 is 12.4 Å². The number of nitrogens with zero attached hydrogens (tertiary/aromatic N) is 4. The highest BCUT2D eigenvalue weighted by atomic mass is 35.5. The maximum Gasteiger partial charge on any atom is 0.276 e. The summed E-state index contributed by atoms with van der Waals surface area (Å²) in [7, 11) is 0. The second-order valence-electron chi connectivity index (χ2n) is 4.95. The monoisotopic (exact) mass is 301 g/mol. The van der Waals surface area contributed by atoms with Crippen molar-refractivity contribution in [2.24, 2.45) is 0 Å². The van der Waals surface area contributed by atoms with E-state index in [1.54, 1.807) is 6.20 Å². The molecule has 1 fully saturated rings. The van der Waals surface area contributed by atoms with Crippen LogP contribution in [0.4, 0.5) is 0 Å². The molecule has 114 valence electrons. The smallest absolute Gasteiger partial charge is 0.276 e. The van der Waals surface area contributed by atoms with Crippen molar-refractivity contribution in [3.63, 3.8) is 0 Å². The summed E-state index contributed by atoms with van der Waals surface area (Å²) in [4.78, 5) is 14.1. The Morgan fingerprint density at radius 1 is 1.45 bits per heavy atom. The fourth-order valence-electron chi connectivity index (χ4n) is 2.46. The van der Waals surface area contributed by atoms with Gasteiger partial charge in [-0.05, 0) is 39.3 Å². The van der Waals surface area contributed by atoms with Gasteiger partial charge >= 0.3 is 0 Å². The number of amides is 1. The van der Waals surface area contributed by atoms with Crippen LogP contribution in [0, 0.1) is 0 Å². The molecular formula is C13H24ClN5O. The van der Waals surface area contributed by atoms with Gasteiger partial charge in [-0.15, -0.1) is 17.5 Å². The van der Waals surface area contributed by atoms with E-state index in [0.717, 1.165) is 38.9 Å². The Morgan fingerprint density at radius 3 is 2.75 bits per heavy atom. The van der Waals surface area contributed by atoms with Gasteiger partial charge < -0.3 is 10.2 Å². The van der Waals surface area contributed by atoms with Gasteiger partial charge in [0.1, 0.15) is 0 Å². The van der Waals surface area contributed by atoms with Crippen LogP contribution in [-0.4, -0.2) is 52.0 Å². The molecule has 1 N–H and O–H groups in total. The molecule has 1 amide bonds. The molecule has 0 bridgehead atoms. The van der Waals surface area contributed by atoms with Gasteiger partial charge in [-0.2, -0.15) is 0 Å². The SMILES string of the molecule is CCCN(CC)C(=O)c1cn(C2CCNCC2)nn1.Cl. The van der Waals surface area contributed by atoms with Crippen LogP contribution in [0.25, 0.3) is 0 Å². The van der Waals surface area contributed by atoms with Crippen LogP contribution in [0.1, 0.15) is 49.6 Å². The highest BCUT2D eigenvalue weighted by Gasteiger charge is 2.21. The van der Waals surface area contributed by atoms with E-state index in [1.165, 1.54) is 0 Å². The Morgan fingerprint density at radius 2 is 2.15 bits per heavy atom. The van der Waals surface area contributed by atoms with E-state index < -0.39 is 0 Å². The van der Waals surface area contributed by atoms with Gasteiger partial charge in [0, 0.05) is 13.1 Å². The number of rotatable bonds is 5. The third kappa shape index (κ3) is 3.93. The van der Waals surface area contributed by atoms with Crippen molar-refractivity contribution >= 4 is 18.3 Å². The van der Waals surface area contributed by atoms with Crippen LogP contribution in [0.15, 0.2) is 6.20 Å². The first kappa shape index (κ1) is 16.9. The number of hydrogen-bond donors (Lipinski definition) is 1. The largest absolute Gasteiger partial charge is 0.337 e. The molecule has 7 heteroatoms. The summed E-state index contributed by atoms with van der Waals surface area (Å²) in [6.07, 6.45) is 4.85. The lowest BCUT2D eigenvalue weighted by Gasteiger charge is -2.22. The molecule has 0 atom stereocenters. The van der Waals surface area contributed by atoms with Gasteiger partial charge in [0.05, 0.1) is 12.2 Å². The highest BCUT2D eigenvalue weighted by molar-refractivity contribution is 5.91. The van der Waals surface area contributed by atoms with Crippen LogP contribution in [0.5, 0.6) is 0 Å². The molecule has 0 unspecified atom stereocenters. The topological polar surface area (TPSA) is 63.1 Å². The summed E-state index contributed by atoms with van der Waals surface area (Å²) in [6, 6.07) is 0.372. The summed E-state index contributed by atoms with van der Waals surface area (Å²) in [5, 5.41) is 11.5. The van der Waals surface area contributed by atoms with Crippen LogP contribution in [0.2, 0.25) is 0 Å². The fourth-order valence-corrected chi connectivity index (χ4v) is 2.46. The average Bonchev–Trinajstić information content (AvgIpc) is 2.95. The van der Waals surface area contributed by atoms with E-state index in [0.29, 0.717) is 18.3 Å². The fraction of sp³-hybridized carbons (Fsp3) is 0.769. The Kier molecular flexibility index (Phi) is 6.95. The van der Waals surface area contributed by atoms with Gasteiger partial charge in [-0.25, -0.2) is 4.68 Å². The second-order valence-corrected chi connectivity index (χ2v) is 4.95. The van der Waals surface area contributed by atoms with Crippen molar-refractivity contribution in [2.45, 2.75) is 39.2 Å². The Labute approximate surface area is 126 Å². The highest BCUT2D eigenvalue weighted by Crippen LogP contribution is 2.17. The molecule has 20 heavy (non-hydrogen) atoms. The normalized spacial score (nSPS) is 15.7. The minimum Gasteiger partial charge on any atom is -0.337 e. The number of hydrogen-bond acceptors (Lipinski definition) is 4. The molecule has 2 rings (SSSR count). The predicted octanol–water partition coefficient (Wildman–Crippen LogP) is 1.50. The molecular weight excluding hydrogens is 278 g/mol. The molecule has 2 heterocycles. The molecule has 1 saturated heterocycles. The third-order valence-corrected chi connectivity index (χ3v) is 3.57. The molecule has 6 nitrogen and oxygen atoms in total. The van der Waals surface area contributed by atoms with E-state index >= 15 is 0 Å². The number of carbonyl (C=O) groups excluding carboxylic acids is 1. The van der Waals surface area contributed by atoms with Crippen LogP contribution in [0.3, 0.4) is 0 Å². The van der Waals surface area contributed by atoms with Gasteiger partial charge in [0.15, 0.2) is 5.69 Å². The number of halogens is 1. The Balaban J connectivity index is 0.00000200. The first-order chi connectivity index (χ1) is 9.26. The van der Waals surface area contributed by atoms with Crippen molar-refractivity contribution < 1.29 is 4.79 Å². The molecule has 0 aromatic carbocycles. The standard InChI is InChI=1S/C13H23N5O.ClH/c1-3-9-17(4-2)13(19)12-10-18(16-15-12)11-5-7-14-8-6-11;/h10-11,14H,3-9H2,1-2H3;1H. The minimum absolute atomic E-state index is 0. The lowest BCUT2D eigenvalue weighted by molar-refractivity contribution is 0.0758. The summed E-state index contributed by atoms with van der Waals surface area (Å²) in [5.41, 5.74) is 0.467. The van der Waals surface area contributed by atoms with E-state index in [2.05, 4.69) is 22.6 Å². The van der Waals surface area contributed by atoms with Crippen molar-refractivity contribution in [2.75, 3.05) is 26.2 Å². The number of carbonyl (C=O) groups is 1. The molecule has 1 aliphatic rings. The average molecular weight is 302 g/mol. The van der Waals surface area contributed by atoms with Gasteiger partial charge in [0.2, 0.25) is 0 Å². The summed E-state index contributed by atoms with van der Waals surface area (Å²) in [5.74, 6) is -0.00969. The van der Waals surface area contributed by atoms with Gasteiger partial charge in [-0.3, -0.25) is 4.79 Å². The lowest BCUT2D eigenvalue weighted by Crippen LogP contribution is -2.32. The quantitative estimate of drug-likeness (QED) is 0.895. The maximum absolute atomic E-state index is 12.3. The zero-order valence-electron chi connectivity index (χ0n) is 12.2. The molecule has 0 aliphatic carbocycles. The van der Waals surface area contributed by atoms with Gasteiger partial charge in [-0.1, -0.05) is 12.1 Å². The zero-order valence-corrected chi connectivity index (χ0v) is 13.0. The van der Waals surface area contributed by atoms with Crippen molar-refractivity contribution in [1.82, 2.24) is 25.2 Å². The molecule has 0 spiro atoms. The molecule has 0 saturated carbocycles. The first-order valence-corrected chi connectivity index (χ1v) is 7.18. The maximum atomic E-state index is 12.3. The minimum atomic E-state index is -0.00969. The third-order valence-electron chi connectivity index (χ3n) is 3.57. The molecule has 1 aromatic rings. The lowest BCUT2D eigenvalue weighted by atomic mass is 10.1. The Bertz CT molecular complexity index is 417. The summed E-state index contributed by atoms with van der Waals surface area (Å²) in [6.45, 7) is 7.56. The number of aromatic nitrogens is 3. The molecule has 1 aromatic heterocycles. The second kappa shape index (κ2) is 8.21. The summed E-state index contributed by atoms with van der Waals surface area (Å²) >= 11 is 0. The first-order valence-electron chi connectivity index (χ1n) is 7.18. The van der Waals surface area contributed by atoms with E-state index in [4.69, 9.17) is 0 Å². The van der Waals surface area contributed by atoms with Crippen LogP contribution < -0.4 is 5.32 Å². The Hall–Kier alpha value is -1.14. The van der Waals surface area contributed by atoms with Gasteiger partial charge in [0.25, 0.3) is 5.91 Å². The van der Waals surface area contributed by atoms with Crippen LogP contribution in [-0.2, 0) is 0 Å². The van der Waals surface area contributed by atoms with E-state index in [1.807, 2.05) is 16.5 Å². The predicted molar refractivity (Wildman–Crippen MR) is 80.3 cm³/mol. The molecule has 0 radical (unpaired) electrons. The number of nitrogens with one attached hydrogen (secondary N) is 1.